The largest absolute Gasteiger partial charge is 0.494 e. The third-order valence-electron chi connectivity index (χ3n) is 9.88. The molecule has 0 unspecified atom stereocenters. The van der Waals surface area contributed by atoms with Crippen LogP contribution in [0.4, 0.5) is 0 Å². The Balaban J connectivity index is 0.000000181. The van der Waals surface area contributed by atoms with Crippen LogP contribution in [-0.2, 0) is 10.8 Å². The summed E-state index contributed by atoms with van der Waals surface area (Å²) in [4.78, 5) is 0. The predicted octanol–water partition coefficient (Wildman–Crippen LogP) is 11.3. The summed E-state index contributed by atoms with van der Waals surface area (Å²) in [5.41, 5.74) is 8.93. The standard InChI is InChI=1S/C23H30O2.C19H22/c1-3-17-24-21-11-7-19(8-12-21)23(15-5-6-16-23)20-9-13-22(14-10-20)25-18-4-2;1-15-5-9-17(10-6-15)19(13-3-4-14-19)18-11-7-16(2)8-12-18/h7-14H,3-6,15-18H2,1-2H3;5-12H,3-4,13-14H2,1-2H3. The Hall–Kier alpha value is -3.52. The van der Waals surface area contributed by atoms with Gasteiger partial charge in [-0.1, -0.05) is 123 Å². The van der Waals surface area contributed by atoms with E-state index in [-0.39, 0.29) is 10.8 Å². The van der Waals surface area contributed by atoms with Crippen LogP contribution >= 0.6 is 0 Å². The van der Waals surface area contributed by atoms with Crippen molar-refractivity contribution in [3.63, 3.8) is 0 Å². The molecule has 6 rings (SSSR count). The Labute approximate surface area is 266 Å². The molecule has 0 bridgehead atoms. The van der Waals surface area contributed by atoms with Crippen LogP contribution in [0.15, 0.2) is 97.1 Å². The van der Waals surface area contributed by atoms with Gasteiger partial charge in [0.15, 0.2) is 0 Å². The zero-order valence-corrected chi connectivity index (χ0v) is 27.5. The van der Waals surface area contributed by atoms with E-state index in [1.54, 1.807) is 0 Å². The van der Waals surface area contributed by atoms with Crippen molar-refractivity contribution in [3.8, 4) is 11.5 Å². The molecule has 2 aliphatic rings. The maximum Gasteiger partial charge on any atom is 0.119 e. The van der Waals surface area contributed by atoms with Crippen LogP contribution in [0.2, 0.25) is 0 Å². The van der Waals surface area contributed by atoms with Crippen LogP contribution in [0.1, 0.15) is 111 Å². The summed E-state index contributed by atoms with van der Waals surface area (Å²) in [6.45, 7) is 10.2. The molecule has 2 nitrogen and oxygen atoms in total. The molecule has 4 aromatic carbocycles. The van der Waals surface area contributed by atoms with E-state index in [4.69, 9.17) is 9.47 Å². The smallest absolute Gasteiger partial charge is 0.119 e. The molecule has 0 amide bonds. The van der Waals surface area contributed by atoms with Gasteiger partial charge in [0.05, 0.1) is 13.2 Å². The highest BCUT2D eigenvalue weighted by Crippen LogP contribution is 2.48. The molecule has 44 heavy (non-hydrogen) atoms. The third kappa shape index (κ3) is 7.23. The predicted molar refractivity (Wildman–Crippen MR) is 185 cm³/mol. The Morgan fingerprint density at radius 1 is 0.432 bits per heavy atom. The van der Waals surface area contributed by atoms with Crippen LogP contribution in [0.3, 0.4) is 0 Å². The molecular weight excluding hydrogens is 536 g/mol. The lowest BCUT2D eigenvalue weighted by atomic mass is 9.73. The number of aryl methyl sites for hydroxylation is 2. The van der Waals surface area contributed by atoms with Crippen LogP contribution in [0.5, 0.6) is 11.5 Å². The lowest BCUT2D eigenvalue weighted by Crippen LogP contribution is -2.23. The van der Waals surface area contributed by atoms with Crippen LogP contribution < -0.4 is 9.47 Å². The van der Waals surface area contributed by atoms with Crippen molar-refractivity contribution >= 4 is 0 Å². The van der Waals surface area contributed by atoms with Gasteiger partial charge < -0.3 is 9.47 Å². The number of benzene rings is 4. The van der Waals surface area contributed by atoms with Gasteiger partial charge in [0.1, 0.15) is 11.5 Å². The average Bonchev–Trinajstić information content (AvgIpc) is 3.77. The lowest BCUT2D eigenvalue weighted by Gasteiger charge is -2.31. The fraction of sp³-hybridized carbons (Fsp3) is 0.429. The highest BCUT2D eigenvalue weighted by molar-refractivity contribution is 5.45. The van der Waals surface area contributed by atoms with E-state index in [2.05, 4.69) is 125 Å². The van der Waals surface area contributed by atoms with E-state index in [0.29, 0.717) is 0 Å². The Morgan fingerprint density at radius 3 is 0.977 bits per heavy atom. The monoisotopic (exact) mass is 588 g/mol. The minimum absolute atomic E-state index is 0.145. The molecule has 0 heterocycles. The van der Waals surface area contributed by atoms with Gasteiger partial charge in [0, 0.05) is 10.8 Å². The second kappa shape index (κ2) is 15.0. The van der Waals surface area contributed by atoms with Crippen molar-refractivity contribution in [1.29, 1.82) is 0 Å². The highest BCUT2D eigenvalue weighted by atomic mass is 16.5. The molecular formula is C42H52O2. The summed E-state index contributed by atoms with van der Waals surface area (Å²) in [6.07, 6.45) is 12.4. The summed E-state index contributed by atoms with van der Waals surface area (Å²) in [5.74, 6) is 1.95. The highest BCUT2D eigenvalue weighted by Gasteiger charge is 2.38. The molecule has 0 aliphatic heterocycles. The second-order valence-corrected chi connectivity index (χ2v) is 13.1. The molecule has 4 aromatic rings. The van der Waals surface area contributed by atoms with Gasteiger partial charge >= 0.3 is 0 Å². The normalized spacial score (nSPS) is 16.6. The molecule has 0 saturated heterocycles. The van der Waals surface area contributed by atoms with Gasteiger partial charge in [-0.05, 0) is 98.9 Å². The summed E-state index contributed by atoms with van der Waals surface area (Å²) < 4.78 is 11.5. The third-order valence-corrected chi connectivity index (χ3v) is 9.88. The van der Waals surface area contributed by atoms with Crippen LogP contribution in [0.25, 0.3) is 0 Å². The van der Waals surface area contributed by atoms with Gasteiger partial charge in [-0.25, -0.2) is 0 Å². The quantitative estimate of drug-likeness (QED) is 0.183. The summed E-state index contributed by atoms with van der Waals surface area (Å²) >= 11 is 0. The van der Waals surface area contributed by atoms with E-state index in [9.17, 15) is 0 Å². The van der Waals surface area contributed by atoms with E-state index in [1.165, 1.54) is 84.7 Å². The number of ether oxygens (including phenoxy) is 2. The fourth-order valence-corrected chi connectivity index (χ4v) is 7.37. The number of hydrogen-bond donors (Lipinski definition) is 0. The van der Waals surface area contributed by atoms with Gasteiger partial charge in [-0.3, -0.25) is 0 Å². The van der Waals surface area contributed by atoms with Gasteiger partial charge in [-0.15, -0.1) is 0 Å². The Bertz CT molecular complexity index is 1300. The topological polar surface area (TPSA) is 18.5 Å². The van der Waals surface area contributed by atoms with Crippen molar-refractivity contribution in [2.75, 3.05) is 13.2 Å². The van der Waals surface area contributed by atoms with Crippen molar-refractivity contribution in [3.05, 3.63) is 130 Å². The summed E-state index contributed by atoms with van der Waals surface area (Å²) in [5, 5.41) is 0. The molecule has 0 spiro atoms. The molecule has 2 saturated carbocycles. The maximum atomic E-state index is 5.75. The van der Waals surface area contributed by atoms with Gasteiger partial charge in [0.2, 0.25) is 0 Å². The Morgan fingerprint density at radius 2 is 0.705 bits per heavy atom. The van der Waals surface area contributed by atoms with Gasteiger partial charge in [0.25, 0.3) is 0 Å². The lowest BCUT2D eigenvalue weighted by molar-refractivity contribution is 0.317. The minimum Gasteiger partial charge on any atom is -0.494 e. The second-order valence-electron chi connectivity index (χ2n) is 13.1. The summed E-state index contributed by atoms with van der Waals surface area (Å²) in [7, 11) is 0. The van der Waals surface area contributed by atoms with E-state index in [1.807, 2.05) is 0 Å². The Kier molecular flexibility index (Phi) is 10.9. The van der Waals surface area contributed by atoms with Crippen molar-refractivity contribution in [2.45, 2.75) is 103 Å². The molecule has 0 radical (unpaired) electrons. The van der Waals surface area contributed by atoms with Crippen LogP contribution in [0, 0.1) is 13.8 Å². The molecule has 0 aromatic heterocycles. The van der Waals surface area contributed by atoms with Crippen molar-refractivity contribution in [1.82, 2.24) is 0 Å². The van der Waals surface area contributed by atoms with E-state index < -0.39 is 0 Å². The first-order valence-corrected chi connectivity index (χ1v) is 17.1. The maximum absolute atomic E-state index is 5.75. The first kappa shape index (κ1) is 31.9. The first-order chi connectivity index (χ1) is 21.5. The van der Waals surface area contributed by atoms with E-state index in [0.717, 1.165) is 37.6 Å². The average molecular weight is 589 g/mol. The SMILES string of the molecule is CCCOc1ccc(C2(c3ccc(OCCC)cc3)CCCC2)cc1.Cc1ccc(C2(c3ccc(C)cc3)CCCC2)cc1. The summed E-state index contributed by atoms with van der Waals surface area (Å²) in [6, 6.07) is 35.9. The fourth-order valence-electron chi connectivity index (χ4n) is 7.37. The van der Waals surface area contributed by atoms with Crippen molar-refractivity contribution < 1.29 is 9.47 Å². The van der Waals surface area contributed by atoms with Crippen LogP contribution in [-0.4, -0.2) is 13.2 Å². The zero-order valence-electron chi connectivity index (χ0n) is 27.5. The molecule has 0 N–H and O–H groups in total. The van der Waals surface area contributed by atoms with Gasteiger partial charge in [-0.2, -0.15) is 0 Å². The van der Waals surface area contributed by atoms with E-state index >= 15 is 0 Å². The molecule has 232 valence electrons. The number of rotatable bonds is 10. The first-order valence-electron chi connectivity index (χ1n) is 17.1. The minimum atomic E-state index is 0.145. The zero-order chi connectivity index (χ0) is 30.8. The number of hydrogen-bond acceptors (Lipinski definition) is 2. The molecule has 2 heteroatoms. The molecule has 2 aliphatic carbocycles. The molecule has 0 atom stereocenters. The molecule has 2 fully saturated rings. The van der Waals surface area contributed by atoms with Crippen molar-refractivity contribution in [2.24, 2.45) is 0 Å².